The van der Waals surface area contributed by atoms with Gasteiger partial charge in [-0.2, -0.15) is 9.90 Å². The normalized spacial score (nSPS) is 2.22. The first-order valence-electron chi connectivity index (χ1n) is 3.00. The van der Waals surface area contributed by atoms with Gasteiger partial charge in [0, 0.05) is 0 Å². The highest BCUT2D eigenvalue weighted by atomic mass is 31.0. The molecule has 0 nitrogen and oxygen atoms in total. The Balaban J connectivity index is -0.00000000762. The molecule has 0 aliphatic rings. The minimum atomic E-state index is 0. The monoisotopic (exact) mass is 150 g/mol. The molecule has 0 saturated carbocycles. The molecule has 0 amide bonds. The Morgan fingerprint density at radius 3 is 0.556 bits per heavy atom. The van der Waals surface area contributed by atoms with Crippen LogP contribution in [0.4, 0.5) is 0 Å². The van der Waals surface area contributed by atoms with Gasteiger partial charge in [0.05, 0.1) is 0 Å². The van der Waals surface area contributed by atoms with Crippen LogP contribution in [-0.4, -0.2) is 0 Å². The second-order valence-corrected chi connectivity index (χ2v) is 0. The smallest absolute Gasteiger partial charge is 0.0683 e. The maximum absolute atomic E-state index is 3.00. The molecule has 1 heteroatoms. The van der Waals surface area contributed by atoms with Crippen molar-refractivity contribution in [3.63, 3.8) is 0 Å². The van der Waals surface area contributed by atoms with E-state index in [1.165, 1.54) is 0 Å². The number of rotatable bonds is 0. The first-order chi connectivity index (χ1) is 4.00. The Bertz CT molecular complexity index is 6.53. The van der Waals surface area contributed by atoms with Gasteiger partial charge in [-0.25, -0.2) is 0 Å². The van der Waals surface area contributed by atoms with Crippen LogP contribution in [0, 0.1) is 0 Å². The van der Waals surface area contributed by atoms with Crippen molar-refractivity contribution < 1.29 is 0 Å². The molecule has 0 aromatic heterocycles. The van der Waals surface area contributed by atoms with Gasteiger partial charge in [0.25, 0.3) is 0 Å². The van der Waals surface area contributed by atoms with Gasteiger partial charge in [0.2, 0.25) is 0 Å². The van der Waals surface area contributed by atoms with Crippen molar-refractivity contribution in [3.05, 3.63) is 26.3 Å². The van der Waals surface area contributed by atoms with E-state index in [1.807, 2.05) is 27.7 Å². The van der Waals surface area contributed by atoms with Crippen LogP contribution in [-0.2, 0) is 0 Å². The van der Waals surface area contributed by atoms with Gasteiger partial charge in [0.1, 0.15) is 0 Å². The summed E-state index contributed by atoms with van der Waals surface area (Å²) in [6.45, 7) is 20.0. The van der Waals surface area contributed by atoms with E-state index < -0.39 is 0 Å². The van der Waals surface area contributed by atoms with Gasteiger partial charge in [-0.3, -0.25) is 0 Å². The molecule has 0 aliphatic carbocycles. The minimum absolute atomic E-state index is 0. The lowest BCUT2D eigenvalue weighted by Crippen LogP contribution is -0.856. The van der Waals surface area contributed by atoms with Crippen LogP contribution < -0.4 is 0 Å². The van der Waals surface area contributed by atoms with Gasteiger partial charge in [0.15, 0.2) is 0 Å². The van der Waals surface area contributed by atoms with Crippen molar-refractivity contribution in [1.82, 2.24) is 0 Å². The summed E-state index contributed by atoms with van der Waals surface area (Å²) in [7, 11) is 0. The van der Waals surface area contributed by atoms with Crippen LogP contribution >= 0.6 is 9.90 Å². The summed E-state index contributed by atoms with van der Waals surface area (Å²) in [6, 6.07) is 0. The highest BCUT2D eigenvalue weighted by Crippen LogP contribution is 1.15. The summed E-state index contributed by atoms with van der Waals surface area (Å²) in [6.07, 6.45) is 0. The van der Waals surface area contributed by atoms with Crippen LogP contribution in [0.3, 0.4) is 0 Å². The van der Waals surface area contributed by atoms with E-state index in [1.54, 1.807) is 0 Å². The largest absolute Gasteiger partial charge is 0.153 e. The van der Waals surface area contributed by atoms with Gasteiger partial charge in [-0.1, -0.05) is 27.7 Å². The van der Waals surface area contributed by atoms with Gasteiger partial charge >= 0.3 is 0 Å². The third kappa shape index (κ3) is 34100. The molecule has 0 aromatic carbocycles. The summed E-state index contributed by atoms with van der Waals surface area (Å²) in [5.41, 5.74) is 0. The Morgan fingerprint density at radius 2 is 0.556 bits per heavy atom. The molecule has 60 valence electrons. The topological polar surface area (TPSA) is 0 Å². The fraction of sp³-hybridized carbons (Fsp3) is 0.500. The molecular formula is C8H23P. The van der Waals surface area contributed by atoms with Crippen molar-refractivity contribution in [1.29, 1.82) is 0 Å². The van der Waals surface area contributed by atoms with Crippen molar-refractivity contribution in [2.45, 2.75) is 27.7 Å². The molecule has 0 aromatic rings. The van der Waals surface area contributed by atoms with E-state index in [4.69, 9.17) is 0 Å². The van der Waals surface area contributed by atoms with E-state index >= 15 is 0 Å². The summed E-state index contributed by atoms with van der Waals surface area (Å²) < 4.78 is 0. The van der Waals surface area contributed by atoms with Crippen molar-refractivity contribution in [3.8, 4) is 0 Å². The first kappa shape index (κ1) is 36.5. The predicted octanol–water partition coefficient (Wildman–Crippen LogP) is 3.71. The molecular weight excluding hydrogens is 127 g/mol. The molecule has 0 radical (unpaired) electrons. The third-order valence-corrected chi connectivity index (χ3v) is 0. The molecule has 1 atom stereocenters. The summed E-state index contributed by atoms with van der Waals surface area (Å²) >= 11 is 0. The summed E-state index contributed by atoms with van der Waals surface area (Å²) in [5, 5.41) is 0. The molecule has 0 rings (SSSR count). The lowest BCUT2D eigenvalue weighted by atomic mass is 11.0. The Hall–Kier alpha value is -0.0900. The third-order valence-electron chi connectivity index (χ3n) is 0. The molecule has 1 unspecified atom stereocenters. The Kier molecular flexibility index (Phi) is 189000. The average molecular weight is 150 g/mol. The van der Waals surface area contributed by atoms with Gasteiger partial charge < -0.3 is 0 Å². The predicted molar refractivity (Wildman–Crippen MR) is 56.3 cm³/mol. The quantitative estimate of drug-likeness (QED) is 0.365. The zero-order valence-corrected chi connectivity index (χ0v) is 8.95. The highest BCUT2D eigenvalue weighted by molar-refractivity contribution is 6.92. The minimum Gasteiger partial charge on any atom is -0.153 e. The van der Waals surface area contributed by atoms with Crippen molar-refractivity contribution >= 4 is 9.90 Å². The average Bonchev–Trinajstić information content (AvgIpc) is 2.03. The van der Waals surface area contributed by atoms with Gasteiger partial charge in [-0.15, -0.1) is 26.3 Å². The maximum atomic E-state index is 3.00. The zero-order chi connectivity index (χ0) is 8.00. The molecule has 0 heterocycles. The second kappa shape index (κ2) is 46600. The second-order valence-electron chi connectivity index (χ2n) is 0. The summed E-state index contributed by atoms with van der Waals surface area (Å²) in [4.78, 5) is 0. The fourth-order valence-corrected chi connectivity index (χ4v) is 0. The van der Waals surface area contributed by atoms with E-state index in [9.17, 15) is 0 Å². The first-order valence-corrected chi connectivity index (χ1v) is 3.00. The van der Waals surface area contributed by atoms with Gasteiger partial charge in [-0.05, 0) is 0 Å². The molecule has 0 bridgehead atoms. The van der Waals surface area contributed by atoms with Crippen LogP contribution in [0.25, 0.3) is 0 Å². The lowest BCUT2D eigenvalue weighted by Gasteiger charge is -1.07. The lowest BCUT2D eigenvalue weighted by molar-refractivity contribution is 1.50. The summed E-state index contributed by atoms with van der Waals surface area (Å²) in [5.74, 6) is 0. The van der Waals surface area contributed by atoms with Crippen LogP contribution in [0.5, 0.6) is 0 Å². The number of hydrogen-bond donors (Lipinski definition) is 0. The molecule has 9 heavy (non-hydrogen) atoms. The standard InChI is InChI=1S/2C2H6.2C2H4.H3P/c4*1-2;/h2*1-2H3;2*1-2H2;1H3. The molecule has 0 spiro atoms. The van der Waals surface area contributed by atoms with Crippen LogP contribution in [0.15, 0.2) is 26.3 Å². The van der Waals surface area contributed by atoms with E-state index in [0.717, 1.165) is 0 Å². The van der Waals surface area contributed by atoms with Crippen LogP contribution in [0.1, 0.15) is 27.7 Å². The SMILES string of the molecule is C=C.C=C.CC.CC.P. The molecule has 0 N–H and O–H groups in total. The van der Waals surface area contributed by atoms with Crippen molar-refractivity contribution in [2.24, 2.45) is 0 Å². The number of hydrogen-bond acceptors (Lipinski definition) is 0. The van der Waals surface area contributed by atoms with E-state index in [2.05, 4.69) is 26.3 Å². The van der Waals surface area contributed by atoms with E-state index in [-0.39, 0.29) is 9.90 Å². The Labute approximate surface area is 64.7 Å². The maximum Gasteiger partial charge on any atom is -0.0683 e. The molecule has 0 fully saturated rings. The Morgan fingerprint density at radius 1 is 0.556 bits per heavy atom. The van der Waals surface area contributed by atoms with Crippen molar-refractivity contribution in [2.75, 3.05) is 0 Å². The fourth-order valence-electron chi connectivity index (χ4n) is 0. The molecule has 0 saturated heterocycles. The van der Waals surface area contributed by atoms with Crippen LogP contribution in [0.2, 0.25) is 0 Å². The van der Waals surface area contributed by atoms with E-state index in [0.29, 0.717) is 0 Å². The highest BCUT2D eigenvalue weighted by Gasteiger charge is 0.934. The molecule has 0 aliphatic heterocycles. The zero-order valence-electron chi connectivity index (χ0n) is 7.54.